The van der Waals surface area contributed by atoms with Crippen molar-refractivity contribution in [2.45, 2.75) is 6.92 Å². The van der Waals surface area contributed by atoms with Gasteiger partial charge in [-0.1, -0.05) is 18.2 Å². The molecule has 16 heavy (non-hydrogen) atoms. The lowest BCUT2D eigenvalue weighted by molar-refractivity contribution is -0.133. The van der Waals surface area contributed by atoms with Crippen LogP contribution in [-0.4, -0.2) is 17.7 Å². The predicted octanol–water partition coefficient (Wildman–Crippen LogP) is 1.39. The van der Waals surface area contributed by atoms with E-state index < -0.39 is 5.97 Å². The Bertz CT molecular complexity index is 443. The van der Waals surface area contributed by atoms with Crippen molar-refractivity contribution < 1.29 is 14.7 Å². The number of nitrogens with one attached hydrogen (secondary N) is 1. The van der Waals surface area contributed by atoms with Crippen LogP contribution < -0.4 is 10.6 Å². The summed E-state index contributed by atoms with van der Waals surface area (Å²) in [6.45, 7) is 2.29. The van der Waals surface area contributed by atoms with Crippen LogP contribution >= 0.6 is 0 Å². The van der Waals surface area contributed by atoms with Gasteiger partial charge in [-0.15, -0.1) is 0 Å². The molecule has 0 atom stereocenters. The highest BCUT2D eigenvalue weighted by atomic mass is 16.7. The molecule has 0 aliphatic carbocycles. The molecule has 0 unspecified atom stereocenters. The maximum absolute atomic E-state index is 10.9. The van der Waals surface area contributed by atoms with Gasteiger partial charge in [0.2, 0.25) is 0 Å². The summed E-state index contributed by atoms with van der Waals surface area (Å²) in [7, 11) is 0. The van der Waals surface area contributed by atoms with E-state index in [1.807, 2.05) is 31.2 Å². The number of nitrogens with zero attached hydrogens (tertiary/aromatic N) is 1. The second kappa shape index (κ2) is 4.24. The van der Waals surface area contributed by atoms with Gasteiger partial charge >= 0.3 is 5.97 Å². The summed E-state index contributed by atoms with van der Waals surface area (Å²) in [6.07, 6.45) is 1.58. The summed E-state index contributed by atoms with van der Waals surface area (Å²) in [5, 5.41) is 10.3. The molecule has 0 amide bonds. The van der Waals surface area contributed by atoms with Gasteiger partial charge in [0.25, 0.3) is 0 Å². The molecule has 2 rings (SSSR count). The molecule has 84 valence electrons. The summed E-state index contributed by atoms with van der Waals surface area (Å²) in [5.74, 6) is -1.01. The molecule has 0 saturated carbocycles. The third-order valence-corrected chi connectivity index (χ3v) is 2.17. The van der Waals surface area contributed by atoms with Crippen molar-refractivity contribution in [1.82, 2.24) is 5.43 Å². The van der Waals surface area contributed by atoms with E-state index in [1.54, 1.807) is 6.08 Å². The van der Waals surface area contributed by atoms with Crippen molar-refractivity contribution in [3.8, 4) is 0 Å². The van der Waals surface area contributed by atoms with Crippen LogP contribution in [0.4, 0.5) is 5.69 Å². The standard InChI is InChI=1S/C11H12N2O3/c1-2-16-13-10-6-4-3-5-8(10)7-9(12-13)11(14)15/h3-7,12H,2H2,1H3,(H,14,15). The van der Waals surface area contributed by atoms with E-state index in [-0.39, 0.29) is 5.70 Å². The van der Waals surface area contributed by atoms with Crippen molar-refractivity contribution in [3.05, 3.63) is 35.5 Å². The zero-order chi connectivity index (χ0) is 11.5. The Hall–Kier alpha value is -2.01. The molecular formula is C11H12N2O3. The summed E-state index contributed by atoms with van der Waals surface area (Å²) in [5.41, 5.74) is 4.39. The van der Waals surface area contributed by atoms with E-state index in [1.165, 1.54) is 5.17 Å². The van der Waals surface area contributed by atoms with Gasteiger partial charge in [-0.25, -0.2) is 4.79 Å². The topological polar surface area (TPSA) is 61.8 Å². The Morgan fingerprint density at radius 1 is 1.50 bits per heavy atom. The molecule has 1 aromatic rings. The summed E-state index contributed by atoms with van der Waals surface area (Å²) < 4.78 is 0. The van der Waals surface area contributed by atoms with Gasteiger partial charge in [0, 0.05) is 5.56 Å². The number of fused-ring (bicyclic) bond motifs is 1. The van der Waals surface area contributed by atoms with Gasteiger partial charge in [-0.3, -0.25) is 10.3 Å². The van der Waals surface area contributed by atoms with Crippen molar-refractivity contribution in [1.29, 1.82) is 0 Å². The van der Waals surface area contributed by atoms with Crippen LogP contribution in [0.2, 0.25) is 0 Å². The fourth-order valence-electron chi connectivity index (χ4n) is 1.49. The Kier molecular flexibility index (Phi) is 2.78. The van der Waals surface area contributed by atoms with E-state index in [2.05, 4.69) is 5.43 Å². The zero-order valence-electron chi connectivity index (χ0n) is 8.80. The molecule has 0 bridgehead atoms. The molecule has 0 aromatic heterocycles. The van der Waals surface area contributed by atoms with Crippen molar-refractivity contribution in [2.75, 3.05) is 11.8 Å². The molecule has 5 heteroatoms. The van der Waals surface area contributed by atoms with E-state index in [0.29, 0.717) is 6.61 Å². The molecule has 0 radical (unpaired) electrons. The lowest BCUT2D eigenvalue weighted by Crippen LogP contribution is -2.42. The molecular weight excluding hydrogens is 208 g/mol. The number of hydrazine groups is 1. The number of hydrogen-bond acceptors (Lipinski definition) is 4. The number of carboxylic acid groups (broad SMARTS) is 1. The van der Waals surface area contributed by atoms with Gasteiger partial charge in [-0.05, 0) is 19.1 Å². The molecule has 2 N–H and O–H groups in total. The molecule has 1 aliphatic heterocycles. The Balaban J connectivity index is 2.41. The number of para-hydroxylation sites is 1. The predicted molar refractivity (Wildman–Crippen MR) is 59.3 cm³/mol. The normalized spacial score (nSPS) is 13.8. The fourth-order valence-corrected chi connectivity index (χ4v) is 1.49. The maximum Gasteiger partial charge on any atom is 0.353 e. The zero-order valence-corrected chi connectivity index (χ0v) is 8.80. The van der Waals surface area contributed by atoms with Gasteiger partial charge in [0.1, 0.15) is 5.70 Å². The average molecular weight is 220 g/mol. The van der Waals surface area contributed by atoms with Gasteiger partial charge in [0.05, 0.1) is 12.3 Å². The first kappa shape index (κ1) is 10.5. The summed E-state index contributed by atoms with van der Waals surface area (Å²) in [6, 6.07) is 7.41. The van der Waals surface area contributed by atoms with E-state index >= 15 is 0 Å². The fraction of sp³-hybridized carbons (Fsp3) is 0.182. The van der Waals surface area contributed by atoms with Crippen LogP contribution in [-0.2, 0) is 9.63 Å². The lowest BCUT2D eigenvalue weighted by atomic mass is 10.1. The minimum absolute atomic E-state index is 0.0900. The van der Waals surface area contributed by atoms with Crippen LogP contribution in [0, 0.1) is 0 Å². The molecule has 1 aliphatic rings. The first-order chi connectivity index (χ1) is 7.72. The quantitative estimate of drug-likeness (QED) is 0.806. The summed E-state index contributed by atoms with van der Waals surface area (Å²) >= 11 is 0. The van der Waals surface area contributed by atoms with Crippen LogP contribution in [0.1, 0.15) is 12.5 Å². The highest BCUT2D eigenvalue weighted by Gasteiger charge is 2.20. The number of carboxylic acids is 1. The second-order valence-corrected chi connectivity index (χ2v) is 3.25. The van der Waals surface area contributed by atoms with Crippen molar-refractivity contribution in [2.24, 2.45) is 0 Å². The molecule has 0 saturated heterocycles. The monoisotopic (exact) mass is 220 g/mol. The number of anilines is 1. The number of hydrogen-bond donors (Lipinski definition) is 2. The molecule has 1 heterocycles. The van der Waals surface area contributed by atoms with E-state index in [9.17, 15) is 4.79 Å². The van der Waals surface area contributed by atoms with Crippen molar-refractivity contribution in [3.63, 3.8) is 0 Å². The van der Waals surface area contributed by atoms with E-state index in [0.717, 1.165) is 11.3 Å². The van der Waals surface area contributed by atoms with Gasteiger partial charge < -0.3 is 5.11 Å². The van der Waals surface area contributed by atoms with Crippen LogP contribution in [0.3, 0.4) is 0 Å². The minimum Gasteiger partial charge on any atom is -0.477 e. The van der Waals surface area contributed by atoms with Crippen LogP contribution in [0.15, 0.2) is 30.0 Å². The first-order valence-electron chi connectivity index (χ1n) is 4.96. The minimum atomic E-state index is -1.01. The van der Waals surface area contributed by atoms with Gasteiger partial charge in [-0.2, -0.15) is 5.17 Å². The largest absolute Gasteiger partial charge is 0.477 e. The number of rotatable bonds is 3. The average Bonchev–Trinajstić information content (AvgIpc) is 2.29. The molecule has 5 nitrogen and oxygen atoms in total. The Morgan fingerprint density at radius 3 is 2.94 bits per heavy atom. The highest BCUT2D eigenvalue weighted by Crippen LogP contribution is 2.25. The highest BCUT2D eigenvalue weighted by molar-refractivity contribution is 5.94. The Morgan fingerprint density at radius 2 is 2.25 bits per heavy atom. The van der Waals surface area contributed by atoms with Crippen LogP contribution in [0.5, 0.6) is 0 Å². The van der Waals surface area contributed by atoms with Gasteiger partial charge in [0.15, 0.2) is 0 Å². The number of aliphatic carboxylic acids is 1. The number of benzene rings is 1. The SMILES string of the molecule is CCON1NC(C(=O)O)=Cc2ccccc21. The third kappa shape index (κ3) is 1.85. The molecule has 0 spiro atoms. The number of carbonyl (C=O) groups is 1. The van der Waals surface area contributed by atoms with E-state index in [4.69, 9.17) is 9.94 Å². The third-order valence-electron chi connectivity index (χ3n) is 2.17. The lowest BCUT2D eigenvalue weighted by Gasteiger charge is -2.29. The first-order valence-corrected chi connectivity index (χ1v) is 4.96. The maximum atomic E-state index is 10.9. The second-order valence-electron chi connectivity index (χ2n) is 3.25. The Labute approximate surface area is 92.9 Å². The van der Waals surface area contributed by atoms with Crippen molar-refractivity contribution >= 4 is 17.7 Å². The molecule has 1 aromatic carbocycles. The summed E-state index contributed by atoms with van der Waals surface area (Å²) in [4.78, 5) is 16.2. The molecule has 0 fully saturated rings. The van der Waals surface area contributed by atoms with Crippen LogP contribution in [0.25, 0.3) is 6.08 Å². The smallest absolute Gasteiger partial charge is 0.353 e.